The van der Waals surface area contributed by atoms with Gasteiger partial charge in [-0.3, -0.25) is 4.79 Å². The Kier molecular flexibility index (Phi) is 4.53. The Balaban J connectivity index is 1.38. The summed E-state index contributed by atoms with van der Waals surface area (Å²) < 4.78 is 0. The monoisotopic (exact) mass is 396 g/mol. The molecule has 5 aliphatic rings. The van der Waals surface area contributed by atoms with Crippen molar-refractivity contribution in [3.63, 3.8) is 0 Å². The van der Waals surface area contributed by atoms with E-state index in [1.54, 1.807) is 0 Å². The van der Waals surface area contributed by atoms with Gasteiger partial charge in [0, 0.05) is 11.8 Å². The van der Waals surface area contributed by atoms with E-state index in [0.29, 0.717) is 34.4 Å². The molecule has 10 atom stereocenters. The van der Waals surface area contributed by atoms with Crippen LogP contribution in [0.5, 0.6) is 0 Å². The van der Waals surface area contributed by atoms with E-state index >= 15 is 0 Å². The predicted octanol–water partition coefficient (Wildman–Crippen LogP) is 7.31. The molecule has 1 nitrogen and oxygen atoms in total. The van der Waals surface area contributed by atoms with Gasteiger partial charge in [-0.25, -0.2) is 0 Å². The average Bonchev–Trinajstić information content (AvgIpc) is 3.20. The maximum Gasteiger partial charge on any atom is 0.140 e. The number of carbonyl (C=O) groups is 1. The molecule has 5 saturated carbocycles. The molecule has 0 N–H and O–H groups in total. The maximum atomic E-state index is 13.4. The Morgan fingerprint density at radius 3 is 2.38 bits per heavy atom. The minimum absolute atomic E-state index is 0.142. The molecular formula is C28H44O. The first-order valence-corrected chi connectivity index (χ1v) is 12.9. The van der Waals surface area contributed by atoms with Gasteiger partial charge in [-0.15, -0.1) is 0 Å². The highest BCUT2D eigenvalue weighted by molar-refractivity contribution is 5.91. The molecule has 5 rings (SSSR count). The molecule has 0 saturated heterocycles. The first kappa shape index (κ1) is 20.3. The number of carbonyl (C=O) groups excluding carboxylic acids is 1. The molecule has 0 radical (unpaired) electrons. The molecule has 0 bridgehead atoms. The van der Waals surface area contributed by atoms with Crippen LogP contribution < -0.4 is 0 Å². The van der Waals surface area contributed by atoms with Gasteiger partial charge in [0.15, 0.2) is 0 Å². The fourth-order valence-electron chi connectivity index (χ4n) is 9.62. The molecule has 0 amide bonds. The Hall–Kier alpha value is -0.590. The Labute approximate surface area is 179 Å². The summed E-state index contributed by atoms with van der Waals surface area (Å²) in [6, 6.07) is 0. The maximum absolute atomic E-state index is 13.4. The summed E-state index contributed by atoms with van der Waals surface area (Å²) in [4.78, 5) is 13.4. The minimum atomic E-state index is 0.142. The van der Waals surface area contributed by atoms with Crippen molar-refractivity contribution in [2.75, 3.05) is 0 Å². The van der Waals surface area contributed by atoms with Gasteiger partial charge in [0.05, 0.1) is 0 Å². The van der Waals surface area contributed by atoms with E-state index in [4.69, 9.17) is 0 Å². The quantitative estimate of drug-likeness (QED) is 0.455. The highest BCUT2D eigenvalue weighted by Crippen LogP contribution is 2.80. The zero-order valence-electron chi connectivity index (χ0n) is 19.8. The fraction of sp³-hybridized carbons (Fsp3) is 0.893. The zero-order valence-corrected chi connectivity index (χ0v) is 19.8. The SMILES string of the molecule is CC(C)[C@@H](C)/C=C/[C@@H](C)C1CC[C@H]2C3CC(=O)[C@]45C[C@@H]4CC[C@]5(C)[C@H]3CC[C@]12C. The minimum Gasteiger partial charge on any atom is -0.299 e. The molecule has 29 heavy (non-hydrogen) atoms. The number of fused-ring (bicyclic) bond motifs is 4. The topological polar surface area (TPSA) is 17.1 Å². The van der Waals surface area contributed by atoms with Gasteiger partial charge in [0.25, 0.3) is 0 Å². The molecule has 0 aromatic rings. The second kappa shape index (κ2) is 6.46. The van der Waals surface area contributed by atoms with Crippen LogP contribution in [0.25, 0.3) is 0 Å². The molecular weight excluding hydrogens is 352 g/mol. The van der Waals surface area contributed by atoms with Crippen LogP contribution in [-0.2, 0) is 4.79 Å². The predicted molar refractivity (Wildman–Crippen MR) is 120 cm³/mol. The molecule has 5 fully saturated rings. The largest absolute Gasteiger partial charge is 0.299 e. The molecule has 2 unspecified atom stereocenters. The molecule has 162 valence electrons. The summed E-state index contributed by atoms with van der Waals surface area (Å²) >= 11 is 0. The van der Waals surface area contributed by atoms with E-state index in [9.17, 15) is 4.79 Å². The van der Waals surface area contributed by atoms with Gasteiger partial charge in [-0.2, -0.15) is 0 Å². The summed E-state index contributed by atoms with van der Waals surface area (Å²) in [6.45, 7) is 14.6. The molecule has 1 spiro atoms. The third-order valence-corrected chi connectivity index (χ3v) is 11.8. The molecule has 1 heteroatoms. The van der Waals surface area contributed by atoms with Gasteiger partial charge in [-0.05, 0) is 103 Å². The van der Waals surface area contributed by atoms with Crippen LogP contribution in [0, 0.1) is 63.6 Å². The number of hydrogen-bond donors (Lipinski definition) is 0. The third kappa shape index (κ3) is 2.54. The van der Waals surface area contributed by atoms with E-state index in [2.05, 4.69) is 53.7 Å². The van der Waals surface area contributed by atoms with Crippen molar-refractivity contribution < 1.29 is 4.79 Å². The van der Waals surface area contributed by atoms with Gasteiger partial charge < -0.3 is 0 Å². The van der Waals surface area contributed by atoms with Crippen molar-refractivity contribution in [2.24, 2.45) is 63.6 Å². The van der Waals surface area contributed by atoms with Crippen LogP contribution in [0.15, 0.2) is 12.2 Å². The number of rotatable bonds is 4. The number of ketones is 1. The summed E-state index contributed by atoms with van der Waals surface area (Å²) in [5.74, 6) is 6.63. The lowest BCUT2D eigenvalue weighted by atomic mass is 9.45. The third-order valence-electron chi connectivity index (χ3n) is 11.8. The Morgan fingerprint density at radius 1 is 0.931 bits per heavy atom. The zero-order chi connectivity index (χ0) is 20.8. The normalized spacial score (nSPS) is 52.8. The summed E-state index contributed by atoms with van der Waals surface area (Å²) in [5.41, 5.74) is 0.937. The Morgan fingerprint density at radius 2 is 1.69 bits per heavy atom. The van der Waals surface area contributed by atoms with Gasteiger partial charge in [0.2, 0.25) is 0 Å². The highest BCUT2D eigenvalue weighted by Gasteiger charge is 2.77. The van der Waals surface area contributed by atoms with Gasteiger partial charge >= 0.3 is 0 Å². The second-order valence-corrected chi connectivity index (χ2v) is 12.9. The number of allylic oxidation sites excluding steroid dienone is 2. The fourth-order valence-corrected chi connectivity index (χ4v) is 9.62. The standard InChI is InChI=1S/C28H44O/c1-17(2)18(3)7-8-19(4)22-9-10-23-21-15-25(29)28-16-20(28)11-14-27(28,6)24(21)12-13-26(22,23)5/h7-8,17-24H,9-16H2,1-6H3/b8-7+/t18-,19+,20-,21?,22?,23-,24-,26+,27+,28-/m0/s1. The summed E-state index contributed by atoms with van der Waals surface area (Å²) in [5, 5.41) is 0. The van der Waals surface area contributed by atoms with Crippen LogP contribution in [0.3, 0.4) is 0 Å². The molecule has 0 heterocycles. The van der Waals surface area contributed by atoms with Crippen molar-refractivity contribution in [3.8, 4) is 0 Å². The van der Waals surface area contributed by atoms with Gasteiger partial charge in [0.1, 0.15) is 5.78 Å². The van der Waals surface area contributed by atoms with Crippen molar-refractivity contribution in [1.82, 2.24) is 0 Å². The van der Waals surface area contributed by atoms with E-state index in [1.165, 1.54) is 44.9 Å². The lowest BCUT2D eigenvalue weighted by Crippen LogP contribution is -2.55. The van der Waals surface area contributed by atoms with Crippen molar-refractivity contribution in [1.29, 1.82) is 0 Å². The van der Waals surface area contributed by atoms with E-state index < -0.39 is 0 Å². The van der Waals surface area contributed by atoms with Crippen molar-refractivity contribution in [3.05, 3.63) is 12.2 Å². The van der Waals surface area contributed by atoms with E-state index in [1.807, 2.05) is 0 Å². The van der Waals surface area contributed by atoms with Gasteiger partial charge in [-0.1, -0.05) is 53.7 Å². The lowest BCUT2D eigenvalue weighted by molar-refractivity contribution is -0.151. The van der Waals surface area contributed by atoms with E-state index in [0.717, 1.165) is 36.0 Å². The highest BCUT2D eigenvalue weighted by atomic mass is 16.1. The molecule has 0 aromatic heterocycles. The molecule has 5 aliphatic carbocycles. The van der Waals surface area contributed by atoms with Crippen molar-refractivity contribution >= 4 is 5.78 Å². The molecule has 0 aliphatic heterocycles. The second-order valence-electron chi connectivity index (χ2n) is 12.9. The molecule has 0 aromatic carbocycles. The van der Waals surface area contributed by atoms with Crippen LogP contribution >= 0.6 is 0 Å². The van der Waals surface area contributed by atoms with Crippen molar-refractivity contribution in [2.45, 2.75) is 92.9 Å². The number of hydrogen-bond acceptors (Lipinski definition) is 1. The lowest BCUT2D eigenvalue weighted by Gasteiger charge is -2.58. The summed E-state index contributed by atoms with van der Waals surface area (Å²) in [7, 11) is 0. The smallest absolute Gasteiger partial charge is 0.140 e. The average molecular weight is 397 g/mol. The first-order valence-electron chi connectivity index (χ1n) is 12.9. The first-order chi connectivity index (χ1) is 13.6. The van der Waals surface area contributed by atoms with Crippen LogP contribution in [-0.4, -0.2) is 5.78 Å². The van der Waals surface area contributed by atoms with Crippen LogP contribution in [0.2, 0.25) is 0 Å². The van der Waals surface area contributed by atoms with E-state index in [-0.39, 0.29) is 5.41 Å². The van der Waals surface area contributed by atoms with Crippen LogP contribution in [0.4, 0.5) is 0 Å². The Bertz CT molecular complexity index is 720. The summed E-state index contributed by atoms with van der Waals surface area (Å²) in [6.07, 6.45) is 15.4. The van der Waals surface area contributed by atoms with Crippen LogP contribution in [0.1, 0.15) is 92.9 Å². The number of Topliss-reactive ketones (excluding diaryl/α,β-unsaturated/α-hetero) is 1.